The number of nitrogens with zero attached hydrogens (tertiary/aromatic N) is 1. The van der Waals surface area contributed by atoms with Gasteiger partial charge in [0.25, 0.3) is 0 Å². The van der Waals surface area contributed by atoms with Crippen LogP contribution in [0.1, 0.15) is 54.9 Å². The fraction of sp³-hybridized carbons (Fsp3) is 0.471. The SMILES string of the molecule is Cc1ccc(-c2c(N)noc2C2CCCCC2)cc1C. The number of rotatable bonds is 2. The van der Waals surface area contributed by atoms with Crippen molar-refractivity contribution < 1.29 is 4.52 Å². The number of hydrogen-bond acceptors (Lipinski definition) is 3. The molecule has 1 aromatic carbocycles. The molecule has 106 valence electrons. The second-order valence-corrected chi connectivity index (χ2v) is 5.94. The highest BCUT2D eigenvalue weighted by Crippen LogP contribution is 2.40. The molecule has 1 aliphatic carbocycles. The van der Waals surface area contributed by atoms with Gasteiger partial charge in [-0.2, -0.15) is 0 Å². The lowest BCUT2D eigenvalue weighted by atomic mass is 9.84. The van der Waals surface area contributed by atoms with Crippen molar-refractivity contribution >= 4 is 5.82 Å². The van der Waals surface area contributed by atoms with E-state index in [2.05, 4.69) is 37.2 Å². The zero-order chi connectivity index (χ0) is 14.1. The summed E-state index contributed by atoms with van der Waals surface area (Å²) < 4.78 is 5.58. The molecule has 2 aromatic rings. The van der Waals surface area contributed by atoms with Gasteiger partial charge in [-0.25, -0.2) is 0 Å². The Morgan fingerprint density at radius 3 is 2.55 bits per heavy atom. The van der Waals surface area contributed by atoms with E-state index in [9.17, 15) is 0 Å². The van der Waals surface area contributed by atoms with Crippen LogP contribution in [0.4, 0.5) is 5.82 Å². The van der Waals surface area contributed by atoms with Gasteiger partial charge in [-0.15, -0.1) is 0 Å². The third-order valence-electron chi connectivity index (χ3n) is 4.52. The maximum absolute atomic E-state index is 6.06. The second-order valence-electron chi connectivity index (χ2n) is 5.94. The topological polar surface area (TPSA) is 52.0 Å². The van der Waals surface area contributed by atoms with Gasteiger partial charge in [0.15, 0.2) is 5.82 Å². The summed E-state index contributed by atoms with van der Waals surface area (Å²) in [6, 6.07) is 6.45. The summed E-state index contributed by atoms with van der Waals surface area (Å²) in [5.74, 6) is 1.99. The highest BCUT2D eigenvalue weighted by atomic mass is 16.5. The fourth-order valence-corrected chi connectivity index (χ4v) is 3.15. The summed E-state index contributed by atoms with van der Waals surface area (Å²) in [6.45, 7) is 4.25. The van der Waals surface area contributed by atoms with E-state index in [1.165, 1.54) is 43.2 Å². The molecule has 0 spiro atoms. The summed E-state index contributed by atoms with van der Waals surface area (Å²) in [5.41, 5.74) is 10.8. The predicted molar refractivity (Wildman–Crippen MR) is 81.7 cm³/mol. The van der Waals surface area contributed by atoms with Crippen molar-refractivity contribution in [2.45, 2.75) is 51.9 Å². The number of nitrogens with two attached hydrogens (primary N) is 1. The van der Waals surface area contributed by atoms with E-state index < -0.39 is 0 Å². The molecule has 0 aliphatic heterocycles. The van der Waals surface area contributed by atoms with Gasteiger partial charge in [0.1, 0.15) is 5.76 Å². The zero-order valence-corrected chi connectivity index (χ0v) is 12.3. The van der Waals surface area contributed by atoms with Crippen LogP contribution in [-0.4, -0.2) is 5.16 Å². The Bertz CT molecular complexity index is 609. The lowest BCUT2D eigenvalue weighted by Gasteiger charge is -2.20. The normalized spacial score (nSPS) is 16.5. The molecular weight excluding hydrogens is 248 g/mol. The van der Waals surface area contributed by atoms with Gasteiger partial charge in [-0.3, -0.25) is 0 Å². The largest absolute Gasteiger partial charge is 0.380 e. The van der Waals surface area contributed by atoms with Crippen molar-refractivity contribution in [3.05, 3.63) is 35.1 Å². The van der Waals surface area contributed by atoms with Crippen LogP contribution < -0.4 is 5.73 Å². The van der Waals surface area contributed by atoms with Gasteiger partial charge in [-0.05, 0) is 43.4 Å². The zero-order valence-electron chi connectivity index (χ0n) is 12.3. The molecule has 2 N–H and O–H groups in total. The van der Waals surface area contributed by atoms with Crippen LogP contribution in [0.2, 0.25) is 0 Å². The number of anilines is 1. The Labute approximate surface area is 120 Å². The van der Waals surface area contributed by atoms with Crippen LogP contribution in [0.25, 0.3) is 11.1 Å². The minimum absolute atomic E-state index is 0.477. The molecule has 1 heterocycles. The van der Waals surface area contributed by atoms with E-state index in [1.807, 2.05) is 0 Å². The van der Waals surface area contributed by atoms with Crippen LogP contribution in [0.5, 0.6) is 0 Å². The van der Waals surface area contributed by atoms with Crippen molar-refractivity contribution in [3.63, 3.8) is 0 Å². The molecule has 0 saturated heterocycles. The standard InChI is InChI=1S/C17H22N2O/c1-11-8-9-14(10-12(11)2)15-16(20-19-17(15)18)13-6-4-3-5-7-13/h8-10,13H,3-7H2,1-2H3,(H2,18,19). The Kier molecular flexibility index (Phi) is 3.51. The van der Waals surface area contributed by atoms with E-state index in [0.717, 1.165) is 16.9 Å². The maximum Gasteiger partial charge on any atom is 0.175 e. The smallest absolute Gasteiger partial charge is 0.175 e. The minimum Gasteiger partial charge on any atom is -0.380 e. The first-order chi connectivity index (χ1) is 9.66. The lowest BCUT2D eigenvalue weighted by molar-refractivity contribution is 0.323. The third-order valence-corrected chi connectivity index (χ3v) is 4.52. The van der Waals surface area contributed by atoms with Crippen LogP contribution in [-0.2, 0) is 0 Å². The summed E-state index contributed by atoms with van der Waals surface area (Å²) in [6.07, 6.45) is 6.26. The highest BCUT2D eigenvalue weighted by molar-refractivity contribution is 5.76. The Morgan fingerprint density at radius 1 is 1.10 bits per heavy atom. The highest BCUT2D eigenvalue weighted by Gasteiger charge is 2.25. The number of nitrogen functional groups attached to an aromatic ring is 1. The molecule has 0 amide bonds. The van der Waals surface area contributed by atoms with Crippen molar-refractivity contribution in [2.75, 3.05) is 5.73 Å². The van der Waals surface area contributed by atoms with E-state index in [0.29, 0.717) is 11.7 Å². The van der Waals surface area contributed by atoms with Gasteiger partial charge < -0.3 is 10.3 Å². The molecule has 1 fully saturated rings. The predicted octanol–water partition coefficient (Wildman–Crippen LogP) is 4.59. The molecule has 3 heteroatoms. The van der Waals surface area contributed by atoms with Gasteiger partial charge in [0, 0.05) is 5.92 Å². The molecule has 0 radical (unpaired) electrons. The van der Waals surface area contributed by atoms with Gasteiger partial charge >= 0.3 is 0 Å². The van der Waals surface area contributed by atoms with E-state index in [4.69, 9.17) is 10.3 Å². The minimum atomic E-state index is 0.477. The van der Waals surface area contributed by atoms with Crippen molar-refractivity contribution in [3.8, 4) is 11.1 Å². The lowest BCUT2D eigenvalue weighted by Crippen LogP contribution is -2.05. The monoisotopic (exact) mass is 270 g/mol. The quantitative estimate of drug-likeness (QED) is 0.868. The summed E-state index contributed by atoms with van der Waals surface area (Å²) in [5, 5.41) is 4.02. The molecule has 1 saturated carbocycles. The Hall–Kier alpha value is -1.77. The molecule has 3 nitrogen and oxygen atoms in total. The molecule has 3 rings (SSSR count). The van der Waals surface area contributed by atoms with Gasteiger partial charge in [0.2, 0.25) is 0 Å². The third kappa shape index (κ3) is 2.33. The Morgan fingerprint density at radius 2 is 1.85 bits per heavy atom. The van der Waals surface area contributed by atoms with Gasteiger partial charge in [0.05, 0.1) is 5.56 Å². The molecule has 0 bridgehead atoms. The van der Waals surface area contributed by atoms with Crippen molar-refractivity contribution in [1.29, 1.82) is 0 Å². The molecule has 0 atom stereocenters. The average Bonchev–Trinajstić information content (AvgIpc) is 2.85. The molecule has 20 heavy (non-hydrogen) atoms. The fourth-order valence-electron chi connectivity index (χ4n) is 3.15. The first-order valence-electron chi connectivity index (χ1n) is 7.49. The average molecular weight is 270 g/mol. The van der Waals surface area contributed by atoms with E-state index in [-0.39, 0.29) is 0 Å². The van der Waals surface area contributed by atoms with Crippen LogP contribution in [0.3, 0.4) is 0 Å². The number of benzene rings is 1. The second kappa shape index (κ2) is 5.31. The first kappa shape index (κ1) is 13.2. The van der Waals surface area contributed by atoms with Crippen molar-refractivity contribution in [1.82, 2.24) is 5.16 Å². The first-order valence-corrected chi connectivity index (χ1v) is 7.49. The summed E-state index contributed by atoms with van der Waals surface area (Å²) >= 11 is 0. The Balaban J connectivity index is 2.03. The summed E-state index contributed by atoms with van der Waals surface area (Å²) in [7, 11) is 0. The van der Waals surface area contributed by atoms with E-state index >= 15 is 0 Å². The van der Waals surface area contributed by atoms with Crippen LogP contribution >= 0.6 is 0 Å². The molecule has 1 aliphatic rings. The van der Waals surface area contributed by atoms with Crippen LogP contribution in [0, 0.1) is 13.8 Å². The van der Waals surface area contributed by atoms with E-state index in [1.54, 1.807) is 0 Å². The molecule has 1 aromatic heterocycles. The van der Waals surface area contributed by atoms with Crippen LogP contribution in [0.15, 0.2) is 22.7 Å². The number of hydrogen-bond donors (Lipinski definition) is 1. The molecular formula is C17H22N2O. The van der Waals surface area contributed by atoms with Crippen molar-refractivity contribution in [2.24, 2.45) is 0 Å². The van der Waals surface area contributed by atoms with Gasteiger partial charge in [-0.1, -0.05) is 42.6 Å². The number of aromatic nitrogens is 1. The number of aryl methyl sites for hydroxylation is 2. The molecule has 0 unspecified atom stereocenters. The summed E-state index contributed by atoms with van der Waals surface area (Å²) in [4.78, 5) is 0. The maximum atomic E-state index is 6.06.